The van der Waals surface area contributed by atoms with E-state index >= 15 is 0 Å². The van der Waals surface area contributed by atoms with Crippen molar-refractivity contribution in [1.82, 2.24) is 9.88 Å². The van der Waals surface area contributed by atoms with Crippen molar-refractivity contribution in [3.05, 3.63) is 54.7 Å². The van der Waals surface area contributed by atoms with Gasteiger partial charge in [-0.2, -0.15) is 0 Å². The van der Waals surface area contributed by atoms with Gasteiger partial charge < -0.3 is 10.2 Å². The van der Waals surface area contributed by atoms with Crippen molar-refractivity contribution >= 4 is 11.5 Å². The molecule has 2 aromatic rings. The molecule has 0 saturated carbocycles. The summed E-state index contributed by atoms with van der Waals surface area (Å²) < 4.78 is 0. The summed E-state index contributed by atoms with van der Waals surface area (Å²) >= 11 is 0. The molecule has 1 N–H and O–H groups in total. The third-order valence-electron chi connectivity index (χ3n) is 3.88. The van der Waals surface area contributed by atoms with Crippen LogP contribution in [0.15, 0.2) is 54.7 Å². The first-order valence-corrected chi connectivity index (χ1v) is 7.59. The largest absolute Gasteiger partial charge is 0.384 e. The highest BCUT2D eigenvalue weighted by atomic mass is 15.3. The van der Waals surface area contributed by atoms with Crippen LogP contribution < -0.4 is 10.2 Å². The van der Waals surface area contributed by atoms with Crippen molar-refractivity contribution in [3.8, 4) is 0 Å². The van der Waals surface area contributed by atoms with Crippen molar-refractivity contribution in [2.24, 2.45) is 0 Å². The molecule has 2 heterocycles. The number of hydrogen-bond acceptors (Lipinski definition) is 4. The fourth-order valence-electron chi connectivity index (χ4n) is 2.66. The highest BCUT2D eigenvalue weighted by Gasteiger charge is 2.17. The van der Waals surface area contributed by atoms with Crippen LogP contribution in [0.2, 0.25) is 0 Å². The second kappa shape index (κ2) is 7.09. The van der Waals surface area contributed by atoms with Gasteiger partial charge in [0.1, 0.15) is 5.82 Å². The van der Waals surface area contributed by atoms with E-state index in [0.717, 1.165) is 45.1 Å². The first-order chi connectivity index (χ1) is 10.4. The Hall–Kier alpha value is -2.07. The van der Waals surface area contributed by atoms with Gasteiger partial charge in [-0.25, -0.2) is 4.98 Å². The normalized spacial score (nSPS) is 15.9. The minimum Gasteiger partial charge on any atom is -0.384 e. The maximum absolute atomic E-state index is 4.42. The number of anilines is 2. The summed E-state index contributed by atoms with van der Waals surface area (Å²) in [5, 5.41) is 3.47. The molecule has 3 rings (SSSR count). The highest BCUT2D eigenvalue weighted by molar-refractivity contribution is 5.42. The Morgan fingerprint density at radius 2 is 1.67 bits per heavy atom. The second-order valence-electron chi connectivity index (χ2n) is 5.31. The summed E-state index contributed by atoms with van der Waals surface area (Å²) in [6.45, 7) is 6.41. The molecule has 1 aliphatic rings. The van der Waals surface area contributed by atoms with Crippen LogP contribution in [0, 0.1) is 0 Å². The number of nitrogens with zero attached hydrogens (tertiary/aromatic N) is 3. The molecule has 1 fully saturated rings. The first kappa shape index (κ1) is 13.9. The van der Waals surface area contributed by atoms with E-state index in [1.807, 2.05) is 18.3 Å². The number of aromatic nitrogens is 1. The Balaban J connectivity index is 1.40. The summed E-state index contributed by atoms with van der Waals surface area (Å²) in [5.74, 6) is 1.10. The summed E-state index contributed by atoms with van der Waals surface area (Å²) in [6, 6.07) is 16.5. The predicted molar refractivity (Wildman–Crippen MR) is 87.8 cm³/mol. The van der Waals surface area contributed by atoms with Crippen molar-refractivity contribution < 1.29 is 0 Å². The topological polar surface area (TPSA) is 31.4 Å². The van der Waals surface area contributed by atoms with Gasteiger partial charge in [0.2, 0.25) is 0 Å². The van der Waals surface area contributed by atoms with Crippen LogP contribution in [0.3, 0.4) is 0 Å². The van der Waals surface area contributed by atoms with E-state index in [-0.39, 0.29) is 0 Å². The van der Waals surface area contributed by atoms with Crippen LogP contribution in [-0.2, 0) is 0 Å². The van der Waals surface area contributed by atoms with E-state index in [1.165, 1.54) is 5.69 Å². The fourth-order valence-corrected chi connectivity index (χ4v) is 2.66. The van der Waals surface area contributed by atoms with Crippen LogP contribution in [-0.4, -0.2) is 49.2 Å². The number of hydrogen-bond donors (Lipinski definition) is 1. The molecule has 0 radical (unpaired) electrons. The summed E-state index contributed by atoms with van der Waals surface area (Å²) in [4.78, 5) is 9.30. The molecular formula is C17H22N4. The van der Waals surface area contributed by atoms with Gasteiger partial charge in [-0.1, -0.05) is 24.3 Å². The van der Waals surface area contributed by atoms with Crippen molar-refractivity contribution in [2.75, 3.05) is 49.5 Å². The Morgan fingerprint density at radius 1 is 0.905 bits per heavy atom. The van der Waals surface area contributed by atoms with Gasteiger partial charge in [-0.3, -0.25) is 4.90 Å². The zero-order chi connectivity index (χ0) is 14.3. The van der Waals surface area contributed by atoms with E-state index in [9.17, 15) is 0 Å². The predicted octanol–water partition coefficient (Wildman–Crippen LogP) is 2.32. The van der Waals surface area contributed by atoms with E-state index in [0.29, 0.717) is 0 Å². The number of pyridine rings is 1. The molecule has 0 bridgehead atoms. The molecule has 21 heavy (non-hydrogen) atoms. The average molecular weight is 282 g/mol. The van der Waals surface area contributed by atoms with Crippen molar-refractivity contribution in [2.45, 2.75) is 0 Å². The van der Waals surface area contributed by atoms with Gasteiger partial charge in [-0.05, 0) is 24.3 Å². The summed E-state index contributed by atoms with van der Waals surface area (Å²) in [6.07, 6.45) is 1.87. The zero-order valence-electron chi connectivity index (χ0n) is 12.3. The minimum absolute atomic E-state index is 0.994. The van der Waals surface area contributed by atoms with Crippen molar-refractivity contribution in [1.29, 1.82) is 0 Å². The van der Waals surface area contributed by atoms with Gasteiger partial charge in [0.15, 0.2) is 0 Å². The Bertz CT molecular complexity index is 518. The van der Waals surface area contributed by atoms with E-state index in [2.05, 4.69) is 56.5 Å². The smallest absolute Gasteiger partial charge is 0.128 e. The molecule has 1 saturated heterocycles. The van der Waals surface area contributed by atoms with Crippen LogP contribution in [0.5, 0.6) is 0 Å². The molecule has 0 aliphatic carbocycles. The molecule has 4 heteroatoms. The third kappa shape index (κ3) is 3.95. The molecule has 0 atom stereocenters. The van der Waals surface area contributed by atoms with Gasteiger partial charge in [-0.15, -0.1) is 0 Å². The third-order valence-corrected chi connectivity index (χ3v) is 3.88. The van der Waals surface area contributed by atoms with Crippen LogP contribution in [0.25, 0.3) is 0 Å². The van der Waals surface area contributed by atoms with E-state index in [4.69, 9.17) is 0 Å². The van der Waals surface area contributed by atoms with Crippen LogP contribution in [0.4, 0.5) is 11.5 Å². The highest BCUT2D eigenvalue weighted by Crippen LogP contribution is 2.12. The summed E-state index contributed by atoms with van der Waals surface area (Å²) in [7, 11) is 0. The number of rotatable bonds is 5. The van der Waals surface area contributed by atoms with Gasteiger partial charge in [0, 0.05) is 51.2 Å². The lowest BCUT2D eigenvalue weighted by Crippen LogP contribution is -2.47. The second-order valence-corrected chi connectivity index (χ2v) is 5.31. The lowest BCUT2D eigenvalue weighted by atomic mass is 10.3. The molecule has 1 aromatic carbocycles. The molecule has 1 aliphatic heterocycles. The fraction of sp³-hybridized carbons (Fsp3) is 0.353. The van der Waals surface area contributed by atoms with E-state index < -0.39 is 0 Å². The maximum Gasteiger partial charge on any atom is 0.128 e. The molecule has 4 nitrogen and oxygen atoms in total. The Kier molecular flexibility index (Phi) is 4.69. The molecule has 1 aromatic heterocycles. The van der Waals surface area contributed by atoms with Crippen LogP contribution >= 0.6 is 0 Å². The quantitative estimate of drug-likeness (QED) is 0.912. The number of para-hydroxylation sites is 1. The molecular weight excluding hydrogens is 260 g/mol. The Morgan fingerprint density at radius 3 is 2.38 bits per heavy atom. The van der Waals surface area contributed by atoms with Crippen molar-refractivity contribution in [3.63, 3.8) is 0 Å². The maximum atomic E-state index is 4.42. The first-order valence-electron chi connectivity index (χ1n) is 7.59. The number of piperazine rings is 1. The number of nitrogens with one attached hydrogen (secondary N) is 1. The monoisotopic (exact) mass is 282 g/mol. The SMILES string of the molecule is c1ccc(NCCN2CCN(c3ccccn3)CC2)cc1. The van der Waals surface area contributed by atoms with Gasteiger partial charge in [0.25, 0.3) is 0 Å². The average Bonchev–Trinajstić information content (AvgIpc) is 2.57. The van der Waals surface area contributed by atoms with Gasteiger partial charge in [0.05, 0.1) is 0 Å². The van der Waals surface area contributed by atoms with Gasteiger partial charge >= 0.3 is 0 Å². The molecule has 110 valence electrons. The Labute approximate surface area is 126 Å². The number of benzene rings is 1. The lowest BCUT2D eigenvalue weighted by Gasteiger charge is -2.35. The molecule has 0 spiro atoms. The standard InChI is InChI=1S/C17H22N4/c1-2-6-16(7-3-1)18-10-11-20-12-14-21(15-13-20)17-8-4-5-9-19-17/h1-9,18H,10-15H2. The molecule has 0 amide bonds. The zero-order valence-corrected chi connectivity index (χ0v) is 12.3. The van der Waals surface area contributed by atoms with E-state index in [1.54, 1.807) is 0 Å². The molecule has 0 unspecified atom stereocenters. The minimum atomic E-state index is 0.994. The lowest BCUT2D eigenvalue weighted by molar-refractivity contribution is 0.266. The van der Waals surface area contributed by atoms with Crippen LogP contribution in [0.1, 0.15) is 0 Å². The summed E-state index contributed by atoms with van der Waals surface area (Å²) in [5.41, 5.74) is 1.20.